The van der Waals surface area contributed by atoms with Gasteiger partial charge in [-0.05, 0) is 58.8 Å². The Bertz CT molecular complexity index is 949. The second-order valence-corrected chi connectivity index (χ2v) is 13.5. The number of ether oxygens (including phenoxy) is 2. The first-order valence-electron chi connectivity index (χ1n) is 13.9. The summed E-state index contributed by atoms with van der Waals surface area (Å²) < 4.78 is 12.5. The monoisotopic (exact) mass is 557 g/mol. The summed E-state index contributed by atoms with van der Waals surface area (Å²) >= 11 is 0. The first-order valence-corrected chi connectivity index (χ1v) is 13.9. The number of hydrogen-bond donors (Lipinski definition) is 3. The van der Waals surface area contributed by atoms with Crippen LogP contribution in [-0.2, 0) is 19.1 Å². The first kappa shape index (κ1) is 31.5. The smallest absolute Gasteiger partial charge is 0.320 e. The number of carbonyl (C=O) groups is 2. The van der Waals surface area contributed by atoms with E-state index in [9.17, 15) is 24.9 Å². The number of halogens is 1. The lowest BCUT2D eigenvalue weighted by Gasteiger charge is -2.71. The highest BCUT2D eigenvalue weighted by Gasteiger charge is 2.81. The summed E-state index contributed by atoms with van der Waals surface area (Å²) in [6.07, 6.45) is 1.74. The van der Waals surface area contributed by atoms with E-state index in [4.69, 9.17) is 9.47 Å². The molecule has 0 aromatic heterocycles. The van der Waals surface area contributed by atoms with Gasteiger partial charge in [0.25, 0.3) is 0 Å². The summed E-state index contributed by atoms with van der Waals surface area (Å²) in [6, 6.07) is 0.430. The Morgan fingerprint density at radius 1 is 1.13 bits per heavy atom. The first-order chi connectivity index (χ1) is 17.0. The van der Waals surface area contributed by atoms with Gasteiger partial charge in [0.1, 0.15) is 5.60 Å². The van der Waals surface area contributed by atoms with Crippen molar-refractivity contribution in [2.24, 2.45) is 16.7 Å². The van der Waals surface area contributed by atoms with E-state index in [1.807, 2.05) is 13.8 Å². The van der Waals surface area contributed by atoms with Gasteiger partial charge in [0.15, 0.2) is 17.5 Å². The summed E-state index contributed by atoms with van der Waals surface area (Å²) in [5, 5.41) is 35.9. The van der Waals surface area contributed by atoms with E-state index in [1.165, 1.54) is 13.0 Å². The highest BCUT2D eigenvalue weighted by Crippen LogP contribution is 2.67. The number of aliphatic hydroxyl groups is 3. The Balaban J connectivity index is 0.00000400. The number of rotatable bonds is 4. The maximum atomic E-state index is 14.0. The van der Waals surface area contributed by atoms with Crippen molar-refractivity contribution in [1.29, 1.82) is 0 Å². The zero-order valence-electron chi connectivity index (χ0n) is 24.0. The SMILES string of the molecule is C=C[C@@]1(C)CC(=O)[C@]2(O)C3(C)C(C(O)C(OC(=O)CN4C(C)CCCC4C)[C@@]2(C)O1)C(C)(C)CC[C@@H]3O.Cl. The molecule has 4 fully saturated rings. The van der Waals surface area contributed by atoms with Crippen molar-refractivity contribution in [1.82, 2.24) is 4.90 Å². The normalized spacial score (nSPS) is 48.7. The van der Waals surface area contributed by atoms with E-state index in [0.29, 0.717) is 12.8 Å². The molecule has 2 aliphatic carbocycles. The standard InChI is InChI=1S/C29H47NO7.ClH/c1-9-26(6)15-20(32)29(35)27(7)19(31)13-14-25(4,5)23(27)22(34)24(28(29,8)37-26)36-21(33)16-30-17(2)11-10-12-18(30)3;/h9,17-19,22-24,31,34-35H,1,10-16H2,2-8H3;1H/t17?,18?,19-,22?,23?,24?,26-,27?,28+,29-;/m0./s1. The minimum Gasteiger partial charge on any atom is -0.455 e. The highest BCUT2D eigenvalue weighted by molar-refractivity contribution is 5.92. The maximum absolute atomic E-state index is 14.0. The number of carbonyl (C=O) groups excluding carboxylic acids is 2. The topological polar surface area (TPSA) is 117 Å². The molecule has 0 bridgehead atoms. The summed E-state index contributed by atoms with van der Waals surface area (Å²) in [4.78, 5) is 29.5. The molecule has 218 valence electrons. The quantitative estimate of drug-likeness (QED) is 0.356. The average molecular weight is 558 g/mol. The molecule has 8 nitrogen and oxygen atoms in total. The fourth-order valence-electron chi connectivity index (χ4n) is 8.59. The van der Waals surface area contributed by atoms with Gasteiger partial charge in [0, 0.05) is 29.8 Å². The Morgan fingerprint density at radius 2 is 1.71 bits per heavy atom. The van der Waals surface area contributed by atoms with E-state index >= 15 is 0 Å². The molecule has 10 atom stereocenters. The Kier molecular flexibility index (Phi) is 8.38. The molecular formula is C29H48ClNO7. The molecule has 0 aromatic carbocycles. The van der Waals surface area contributed by atoms with Gasteiger partial charge in [0.2, 0.25) is 0 Å². The molecule has 38 heavy (non-hydrogen) atoms. The maximum Gasteiger partial charge on any atom is 0.320 e. The number of aliphatic hydroxyl groups excluding tert-OH is 2. The Morgan fingerprint density at radius 3 is 2.26 bits per heavy atom. The van der Waals surface area contributed by atoms with Crippen molar-refractivity contribution in [2.45, 2.75) is 134 Å². The molecule has 2 saturated carbocycles. The van der Waals surface area contributed by atoms with Crippen molar-refractivity contribution < 1.29 is 34.4 Å². The number of fused-ring (bicyclic) bond motifs is 3. The fourth-order valence-corrected chi connectivity index (χ4v) is 8.59. The minimum atomic E-state index is -2.21. The minimum absolute atomic E-state index is 0. The lowest BCUT2D eigenvalue weighted by atomic mass is 9.40. The van der Waals surface area contributed by atoms with E-state index < -0.39 is 63.6 Å². The molecule has 0 aromatic rings. The molecule has 0 amide bonds. The predicted octanol–water partition coefficient (Wildman–Crippen LogP) is 3.18. The average Bonchev–Trinajstić information content (AvgIpc) is 2.80. The van der Waals surface area contributed by atoms with Crippen LogP contribution in [0.2, 0.25) is 0 Å². The zero-order valence-corrected chi connectivity index (χ0v) is 24.8. The van der Waals surface area contributed by atoms with Crippen LogP contribution in [-0.4, -0.2) is 85.7 Å². The number of hydrogen-bond acceptors (Lipinski definition) is 8. The van der Waals surface area contributed by atoms with E-state index in [2.05, 4.69) is 25.3 Å². The third kappa shape index (κ3) is 4.29. The van der Waals surface area contributed by atoms with E-state index in [-0.39, 0.29) is 37.5 Å². The molecule has 9 heteroatoms. The van der Waals surface area contributed by atoms with Crippen LogP contribution in [0.4, 0.5) is 0 Å². The number of likely N-dealkylation sites (tertiary alicyclic amines) is 1. The summed E-state index contributed by atoms with van der Waals surface area (Å²) in [6.45, 7) is 16.9. The van der Waals surface area contributed by atoms with Gasteiger partial charge in [0.05, 0.1) is 24.4 Å². The predicted molar refractivity (Wildman–Crippen MR) is 146 cm³/mol. The number of nitrogens with zero attached hydrogens (tertiary/aromatic N) is 1. The summed E-state index contributed by atoms with van der Waals surface area (Å²) in [7, 11) is 0. The summed E-state index contributed by atoms with van der Waals surface area (Å²) in [5.41, 5.74) is -7.15. The molecule has 4 aliphatic rings. The molecule has 2 aliphatic heterocycles. The van der Waals surface area contributed by atoms with E-state index in [0.717, 1.165) is 19.3 Å². The second-order valence-electron chi connectivity index (χ2n) is 13.5. The molecular weight excluding hydrogens is 510 g/mol. The van der Waals surface area contributed by atoms with Crippen molar-refractivity contribution in [3.05, 3.63) is 12.7 Å². The zero-order chi connectivity index (χ0) is 27.8. The Hall–Kier alpha value is -1.03. The van der Waals surface area contributed by atoms with Gasteiger partial charge < -0.3 is 24.8 Å². The van der Waals surface area contributed by atoms with Crippen LogP contribution in [0.3, 0.4) is 0 Å². The van der Waals surface area contributed by atoms with Gasteiger partial charge in [-0.1, -0.05) is 33.3 Å². The van der Waals surface area contributed by atoms with Gasteiger partial charge in [-0.15, -0.1) is 19.0 Å². The van der Waals surface area contributed by atoms with E-state index in [1.54, 1.807) is 13.8 Å². The van der Waals surface area contributed by atoms with Gasteiger partial charge in [-0.3, -0.25) is 14.5 Å². The van der Waals surface area contributed by atoms with Crippen LogP contribution < -0.4 is 0 Å². The van der Waals surface area contributed by atoms with Crippen LogP contribution in [0.25, 0.3) is 0 Å². The molecule has 0 spiro atoms. The fraction of sp³-hybridized carbons (Fsp3) is 0.862. The van der Waals surface area contributed by atoms with Crippen LogP contribution in [0.5, 0.6) is 0 Å². The third-order valence-electron chi connectivity index (χ3n) is 10.7. The number of Topliss-reactive ketones (excluding diaryl/α,β-unsaturated/α-hetero) is 1. The molecule has 3 N–H and O–H groups in total. The summed E-state index contributed by atoms with van der Waals surface area (Å²) in [5.74, 6) is -1.76. The second kappa shape index (κ2) is 10.1. The molecule has 4 rings (SSSR count). The van der Waals surface area contributed by atoms with Crippen LogP contribution in [0, 0.1) is 16.7 Å². The van der Waals surface area contributed by atoms with Gasteiger partial charge >= 0.3 is 5.97 Å². The molecule has 2 heterocycles. The van der Waals surface area contributed by atoms with Crippen molar-refractivity contribution in [3.63, 3.8) is 0 Å². The number of ketones is 1. The Labute approximate surface area is 233 Å². The van der Waals surface area contributed by atoms with Gasteiger partial charge in [-0.2, -0.15) is 0 Å². The third-order valence-corrected chi connectivity index (χ3v) is 10.7. The van der Waals surface area contributed by atoms with Crippen molar-refractivity contribution in [3.8, 4) is 0 Å². The van der Waals surface area contributed by atoms with Crippen molar-refractivity contribution in [2.75, 3.05) is 6.54 Å². The number of piperidine rings is 1. The number of esters is 1. The molecule has 2 saturated heterocycles. The lowest BCUT2D eigenvalue weighted by Crippen LogP contribution is -2.86. The van der Waals surface area contributed by atoms with Gasteiger partial charge in [-0.25, -0.2) is 0 Å². The van der Waals surface area contributed by atoms with Crippen molar-refractivity contribution >= 4 is 24.2 Å². The van der Waals surface area contributed by atoms with Crippen LogP contribution in [0.15, 0.2) is 12.7 Å². The van der Waals surface area contributed by atoms with Crippen LogP contribution >= 0.6 is 12.4 Å². The van der Waals surface area contributed by atoms with Crippen LogP contribution in [0.1, 0.15) is 87.0 Å². The molecule has 0 radical (unpaired) electrons. The largest absolute Gasteiger partial charge is 0.455 e. The molecule has 6 unspecified atom stereocenters. The lowest BCUT2D eigenvalue weighted by molar-refractivity contribution is -0.370. The highest BCUT2D eigenvalue weighted by atomic mass is 35.5.